The summed E-state index contributed by atoms with van der Waals surface area (Å²) in [6.07, 6.45) is 4.55. The second-order valence-corrected chi connectivity index (χ2v) is 5.04. The number of aryl methyl sites for hydroxylation is 1. The van der Waals surface area contributed by atoms with Gasteiger partial charge in [-0.05, 0) is 54.7 Å². The Kier molecular flexibility index (Phi) is 3.11. The van der Waals surface area contributed by atoms with E-state index in [1.807, 2.05) is 13.1 Å². The number of benzene rings is 1. The van der Waals surface area contributed by atoms with Crippen LogP contribution in [-0.2, 0) is 6.54 Å². The highest BCUT2D eigenvalue weighted by atomic mass is 14.9. The van der Waals surface area contributed by atoms with Crippen molar-refractivity contribution in [3.63, 3.8) is 0 Å². The first-order chi connectivity index (χ1) is 8.81. The zero-order chi connectivity index (χ0) is 12.4. The molecular weight excluding hydrogens is 220 g/mol. The molecule has 18 heavy (non-hydrogen) atoms. The van der Waals surface area contributed by atoms with E-state index in [1.165, 1.54) is 29.5 Å². The number of aromatic nitrogens is 1. The predicted molar refractivity (Wildman–Crippen MR) is 74.3 cm³/mol. The lowest BCUT2D eigenvalue weighted by Gasteiger charge is -2.07. The molecule has 2 nitrogen and oxygen atoms in total. The van der Waals surface area contributed by atoms with E-state index in [-0.39, 0.29) is 0 Å². The lowest BCUT2D eigenvalue weighted by molar-refractivity contribution is 0.688. The first kappa shape index (κ1) is 11.4. The summed E-state index contributed by atoms with van der Waals surface area (Å²) in [5, 5.41) is 3.55. The molecule has 0 bridgehead atoms. The summed E-state index contributed by atoms with van der Waals surface area (Å²) in [6.45, 7) is 3.00. The van der Waals surface area contributed by atoms with E-state index in [4.69, 9.17) is 0 Å². The Balaban J connectivity index is 1.80. The Morgan fingerprint density at radius 2 is 2.00 bits per heavy atom. The number of hydrogen-bond donors (Lipinski definition) is 1. The summed E-state index contributed by atoms with van der Waals surface area (Å²) in [4.78, 5) is 4.24. The number of nitrogens with zero attached hydrogens (tertiary/aromatic N) is 1. The fraction of sp³-hybridized carbons (Fsp3) is 0.312. The monoisotopic (exact) mass is 238 g/mol. The van der Waals surface area contributed by atoms with Gasteiger partial charge in [-0.1, -0.05) is 18.2 Å². The first-order valence-electron chi connectivity index (χ1n) is 6.56. The second-order valence-electron chi connectivity index (χ2n) is 5.04. The Morgan fingerprint density at radius 3 is 2.78 bits per heavy atom. The van der Waals surface area contributed by atoms with Gasteiger partial charge < -0.3 is 5.32 Å². The zero-order valence-corrected chi connectivity index (χ0v) is 10.7. The molecule has 0 amide bonds. The van der Waals surface area contributed by atoms with Crippen LogP contribution in [0.1, 0.15) is 24.1 Å². The van der Waals surface area contributed by atoms with E-state index in [9.17, 15) is 0 Å². The molecule has 2 heteroatoms. The zero-order valence-electron chi connectivity index (χ0n) is 10.7. The fourth-order valence-electron chi connectivity index (χ4n) is 2.14. The molecule has 3 rings (SSSR count). The van der Waals surface area contributed by atoms with E-state index >= 15 is 0 Å². The van der Waals surface area contributed by atoms with Crippen LogP contribution in [0.3, 0.4) is 0 Å². The van der Waals surface area contributed by atoms with E-state index in [0.29, 0.717) is 0 Å². The molecule has 0 aliphatic heterocycles. The molecule has 1 fully saturated rings. The minimum atomic E-state index is 0.761. The van der Waals surface area contributed by atoms with E-state index in [2.05, 4.69) is 46.7 Å². The van der Waals surface area contributed by atoms with Crippen LogP contribution in [0, 0.1) is 6.92 Å². The van der Waals surface area contributed by atoms with Gasteiger partial charge in [-0.25, -0.2) is 0 Å². The summed E-state index contributed by atoms with van der Waals surface area (Å²) in [5.74, 6) is 0. The number of hydrogen-bond acceptors (Lipinski definition) is 2. The molecule has 0 spiro atoms. The summed E-state index contributed by atoms with van der Waals surface area (Å²) in [6, 6.07) is 13.7. The van der Waals surface area contributed by atoms with Gasteiger partial charge in [0.05, 0.1) is 0 Å². The molecule has 0 unspecified atom stereocenters. The summed E-state index contributed by atoms with van der Waals surface area (Å²) in [7, 11) is 0. The highest BCUT2D eigenvalue weighted by Gasteiger charge is 2.19. The largest absolute Gasteiger partial charge is 0.310 e. The Hall–Kier alpha value is -1.67. The molecule has 1 aromatic heterocycles. The van der Waals surface area contributed by atoms with Crippen molar-refractivity contribution in [3.8, 4) is 11.1 Å². The van der Waals surface area contributed by atoms with Crippen molar-refractivity contribution < 1.29 is 0 Å². The summed E-state index contributed by atoms with van der Waals surface area (Å²) in [5.41, 5.74) is 4.94. The van der Waals surface area contributed by atoms with Crippen molar-refractivity contribution in [2.75, 3.05) is 0 Å². The van der Waals surface area contributed by atoms with Crippen LogP contribution in [-0.4, -0.2) is 11.0 Å². The third-order valence-corrected chi connectivity index (χ3v) is 3.33. The van der Waals surface area contributed by atoms with Crippen molar-refractivity contribution in [3.05, 3.63) is 53.9 Å². The van der Waals surface area contributed by atoms with E-state index < -0.39 is 0 Å². The molecule has 1 aliphatic carbocycles. The number of nitrogens with one attached hydrogen (secondary N) is 1. The van der Waals surface area contributed by atoms with Gasteiger partial charge in [-0.15, -0.1) is 0 Å². The SMILES string of the molecule is Cc1cc(-c2cccc(CNC3CC3)c2)ccn1. The quantitative estimate of drug-likeness (QED) is 0.884. The molecule has 1 saturated carbocycles. The Labute approximate surface area is 108 Å². The smallest absolute Gasteiger partial charge is 0.0378 e. The Morgan fingerprint density at radius 1 is 1.17 bits per heavy atom. The van der Waals surface area contributed by atoms with E-state index in [1.54, 1.807) is 0 Å². The first-order valence-corrected chi connectivity index (χ1v) is 6.56. The molecule has 92 valence electrons. The topological polar surface area (TPSA) is 24.9 Å². The minimum absolute atomic E-state index is 0.761. The van der Waals surface area contributed by atoms with Crippen molar-refractivity contribution >= 4 is 0 Å². The molecule has 2 aromatic rings. The van der Waals surface area contributed by atoms with Gasteiger partial charge in [0.25, 0.3) is 0 Å². The van der Waals surface area contributed by atoms with Crippen LogP contribution < -0.4 is 5.32 Å². The lowest BCUT2D eigenvalue weighted by atomic mass is 10.0. The van der Waals surface area contributed by atoms with Crippen LogP contribution in [0.4, 0.5) is 0 Å². The Bertz CT molecular complexity index is 544. The summed E-state index contributed by atoms with van der Waals surface area (Å²) >= 11 is 0. The van der Waals surface area contributed by atoms with Crippen LogP contribution in [0.25, 0.3) is 11.1 Å². The van der Waals surface area contributed by atoms with Crippen LogP contribution in [0.2, 0.25) is 0 Å². The third-order valence-electron chi connectivity index (χ3n) is 3.33. The molecule has 1 heterocycles. The third kappa shape index (κ3) is 2.77. The van der Waals surface area contributed by atoms with Gasteiger partial charge in [-0.2, -0.15) is 0 Å². The fourth-order valence-corrected chi connectivity index (χ4v) is 2.14. The van der Waals surface area contributed by atoms with Gasteiger partial charge in [0.1, 0.15) is 0 Å². The minimum Gasteiger partial charge on any atom is -0.310 e. The maximum atomic E-state index is 4.24. The van der Waals surface area contributed by atoms with Crippen molar-refractivity contribution in [1.29, 1.82) is 0 Å². The summed E-state index contributed by atoms with van der Waals surface area (Å²) < 4.78 is 0. The van der Waals surface area contributed by atoms with Gasteiger partial charge in [0.2, 0.25) is 0 Å². The molecule has 1 aliphatic rings. The standard InChI is InChI=1S/C16H18N2/c1-12-9-15(7-8-17-12)14-4-2-3-13(10-14)11-18-16-5-6-16/h2-4,7-10,16,18H,5-6,11H2,1H3. The maximum absolute atomic E-state index is 4.24. The highest BCUT2D eigenvalue weighted by Crippen LogP contribution is 2.22. The van der Waals surface area contributed by atoms with Gasteiger partial charge in [-0.3, -0.25) is 4.98 Å². The lowest BCUT2D eigenvalue weighted by Crippen LogP contribution is -2.15. The van der Waals surface area contributed by atoms with Crippen LogP contribution in [0.15, 0.2) is 42.6 Å². The number of pyridine rings is 1. The highest BCUT2D eigenvalue weighted by molar-refractivity contribution is 5.64. The molecule has 0 atom stereocenters. The normalized spacial score (nSPS) is 14.7. The van der Waals surface area contributed by atoms with Crippen molar-refractivity contribution in [1.82, 2.24) is 10.3 Å². The average molecular weight is 238 g/mol. The van der Waals surface area contributed by atoms with Crippen LogP contribution >= 0.6 is 0 Å². The molecule has 1 aromatic carbocycles. The van der Waals surface area contributed by atoms with Crippen LogP contribution in [0.5, 0.6) is 0 Å². The molecule has 0 radical (unpaired) electrons. The van der Waals surface area contributed by atoms with Crippen molar-refractivity contribution in [2.24, 2.45) is 0 Å². The average Bonchev–Trinajstić information content (AvgIpc) is 3.21. The molecule has 1 N–H and O–H groups in total. The van der Waals surface area contributed by atoms with Gasteiger partial charge in [0, 0.05) is 24.5 Å². The molecule has 0 saturated heterocycles. The van der Waals surface area contributed by atoms with E-state index in [0.717, 1.165) is 18.3 Å². The second kappa shape index (κ2) is 4.91. The van der Waals surface area contributed by atoms with Crippen molar-refractivity contribution in [2.45, 2.75) is 32.4 Å². The maximum Gasteiger partial charge on any atom is 0.0378 e. The van der Waals surface area contributed by atoms with Gasteiger partial charge >= 0.3 is 0 Å². The number of rotatable bonds is 4. The predicted octanol–water partition coefficient (Wildman–Crippen LogP) is 3.31. The van der Waals surface area contributed by atoms with Gasteiger partial charge in [0.15, 0.2) is 0 Å². The molecular formula is C16H18N2.